The Labute approximate surface area is 76.5 Å². The third-order valence-electron chi connectivity index (χ3n) is 1.84. The fourth-order valence-electron chi connectivity index (χ4n) is 1.17. The first-order chi connectivity index (χ1) is 6.07. The molecule has 1 aromatic rings. The molecule has 4 nitrogen and oxygen atoms in total. The van der Waals surface area contributed by atoms with Crippen LogP contribution in [0.2, 0.25) is 0 Å². The van der Waals surface area contributed by atoms with Crippen LogP contribution in [0.5, 0.6) is 0 Å². The summed E-state index contributed by atoms with van der Waals surface area (Å²) < 4.78 is 1.42. The monoisotopic (exact) mass is 177 g/mol. The Balaban J connectivity index is 3.43. The summed E-state index contributed by atoms with van der Waals surface area (Å²) in [5, 5.41) is 8.57. The molecule has 1 heterocycles. The maximum atomic E-state index is 11.4. The average Bonchev–Trinajstić information content (AvgIpc) is 2.09. The molecule has 0 radical (unpaired) electrons. The van der Waals surface area contributed by atoms with Crippen LogP contribution in [0, 0.1) is 11.3 Å². The van der Waals surface area contributed by atoms with E-state index in [4.69, 9.17) is 5.26 Å². The molecule has 0 N–H and O–H groups in total. The lowest BCUT2D eigenvalue weighted by Crippen LogP contribution is -2.24. The molecule has 4 heteroatoms. The third kappa shape index (κ3) is 1.59. The molecule has 68 valence electrons. The lowest BCUT2D eigenvalue weighted by Gasteiger charge is -2.09. The van der Waals surface area contributed by atoms with Crippen LogP contribution >= 0.6 is 0 Å². The summed E-state index contributed by atoms with van der Waals surface area (Å²) in [6.45, 7) is 3.90. The van der Waals surface area contributed by atoms with E-state index >= 15 is 0 Å². The predicted octanol–water partition coefficient (Wildman–Crippen LogP) is 0.775. The second-order valence-electron chi connectivity index (χ2n) is 3.16. The topological polar surface area (TPSA) is 58.7 Å². The molecule has 0 aliphatic heterocycles. The summed E-state index contributed by atoms with van der Waals surface area (Å²) in [7, 11) is 1.63. The minimum Gasteiger partial charge on any atom is -0.298 e. The summed E-state index contributed by atoms with van der Waals surface area (Å²) in [4.78, 5) is 15.5. The molecule has 0 saturated heterocycles. The van der Waals surface area contributed by atoms with Gasteiger partial charge in [0.2, 0.25) is 0 Å². The van der Waals surface area contributed by atoms with E-state index in [2.05, 4.69) is 4.98 Å². The van der Waals surface area contributed by atoms with Gasteiger partial charge >= 0.3 is 0 Å². The maximum Gasteiger partial charge on any atom is 0.271 e. The van der Waals surface area contributed by atoms with Gasteiger partial charge in [-0.1, -0.05) is 13.8 Å². The molecular formula is C9H11N3O. The van der Waals surface area contributed by atoms with Gasteiger partial charge < -0.3 is 0 Å². The molecule has 0 fully saturated rings. The molecule has 0 saturated carbocycles. The molecule has 0 amide bonds. The number of rotatable bonds is 1. The summed E-state index contributed by atoms with van der Waals surface area (Å²) in [6, 6.07) is 1.81. The van der Waals surface area contributed by atoms with E-state index in [1.54, 1.807) is 13.1 Å². The zero-order valence-electron chi connectivity index (χ0n) is 7.90. The second-order valence-corrected chi connectivity index (χ2v) is 3.16. The Bertz CT molecular complexity index is 412. The van der Waals surface area contributed by atoms with Crippen molar-refractivity contribution in [3.05, 3.63) is 27.9 Å². The first-order valence-corrected chi connectivity index (χ1v) is 4.04. The van der Waals surface area contributed by atoms with Gasteiger partial charge in [0.15, 0.2) is 0 Å². The first-order valence-electron chi connectivity index (χ1n) is 4.04. The van der Waals surface area contributed by atoms with Crippen molar-refractivity contribution < 1.29 is 0 Å². The second kappa shape index (κ2) is 3.40. The van der Waals surface area contributed by atoms with Crippen molar-refractivity contribution in [2.75, 3.05) is 0 Å². The molecule has 1 rings (SSSR count). The summed E-state index contributed by atoms with van der Waals surface area (Å²) >= 11 is 0. The van der Waals surface area contributed by atoms with E-state index in [1.165, 1.54) is 10.8 Å². The maximum absolute atomic E-state index is 11.4. The van der Waals surface area contributed by atoms with Crippen molar-refractivity contribution in [3.63, 3.8) is 0 Å². The van der Waals surface area contributed by atoms with Gasteiger partial charge in [0.05, 0.1) is 6.20 Å². The highest BCUT2D eigenvalue weighted by Gasteiger charge is 2.08. The normalized spacial score (nSPS) is 10.1. The third-order valence-corrected chi connectivity index (χ3v) is 1.84. The Kier molecular flexibility index (Phi) is 2.47. The van der Waals surface area contributed by atoms with E-state index in [0.29, 0.717) is 5.82 Å². The van der Waals surface area contributed by atoms with E-state index in [0.717, 1.165) is 0 Å². The van der Waals surface area contributed by atoms with Gasteiger partial charge in [0.25, 0.3) is 5.56 Å². The van der Waals surface area contributed by atoms with Crippen LogP contribution in [0.15, 0.2) is 11.0 Å². The van der Waals surface area contributed by atoms with Gasteiger partial charge in [-0.25, -0.2) is 4.98 Å². The molecule has 0 aliphatic carbocycles. The van der Waals surface area contributed by atoms with E-state index in [1.807, 2.05) is 13.8 Å². The van der Waals surface area contributed by atoms with Gasteiger partial charge in [-0.2, -0.15) is 5.26 Å². The quantitative estimate of drug-likeness (QED) is 0.636. The SMILES string of the molecule is CC(C)c1ncc(C#N)c(=O)n1C. The Morgan fingerprint density at radius 1 is 1.62 bits per heavy atom. The predicted molar refractivity (Wildman–Crippen MR) is 48.3 cm³/mol. The fourth-order valence-corrected chi connectivity index (χ4v) is 1.17. The molecule has 0 spiro atoms. The smallest absolute Gasteiger partial charge is 0.271 e. The van der Waals surface area contributed by atoms with Crippen LogP contribution in [0.1, 0.15) is 31.2 Å². The zero-order chi connectivity index (χ0) is 10.0. The highest BCUT2D eigenvalue weighted by Crippen LogP contribution is 2.07. The lowest BCUT2D eigenvalue weighted by atomic mass is 10.2. The van der Waals surface area contributed by atoms with E-state index in [-0.39, 0.29) is 17.0 Å². The summed E-state index contributed by atoms with van der Waals surface area (Å²) in [5.41, 5.74) is -0.187. The van der Waals surface area contributed by atoms with Crippen LogP contribution in [-0.4, -0.2) is 9.55 Å². The van der Waals surface area contributed by atoms with Crippen LogP contribution in [0.4, 0.5) is 0 Å². The minimum absolute atomic E-state index is 0.0897. The molecule has 0 atom stereocenters. The van der Waals surface area contributed by atoms with Crippen molar-refractivity contribution in [2.45, 2.75) is 19.8 Å². The summed E-state index contributed by atoms with van der Waals surface area (Å²) in [5.74, 6) is 0.884. The number of nitrogens with zero attached hydrogens (tertiary/aromatic N) is 3. The van der Waals surface area contributed by atoms with Crippen LogP contribution in [0.3, 0.4) is 0 Å². The largest absolute Gasteiger partial charge is 0.298 e. The van der Waals surface area contributed by atoms with Crippen molar-refractivity contribution in [1.29, 1.82) is 5.26 Å². The molecule has 0 aromatic carbocycles. The van der Waals surface area contributed by atoms with E-state index in [9.17, 15) is 4.79 Å². The number of nitriles is 1. The van der Waals surface area contributed by atoms with Crippen molar-refractivity contribution in [1.82, 2.24) is 9.55 Å². The van der Waals surface area contributed by atoms with E-state index < -0.39 is 0 Å². The molecule has 0 bridgehead atoms. The number of aromatic nitrogens is 2. The lowest BCUT2D eigenvalue weighted by molar-refractivity contribution is 0.663. The molecule has 0 aliphatic rings. The van der Waals surface area contributed by atoms with Gasteiger partial charge in [-0.05, 0) is 0 Å². The van der Waals surface area contributed by atoms with Crippen LogP contribution in [-0.2, 0) is 7.05 Å². The molecule has 1 aromatic heterocycles. The highest BCUT2D eigenvalue weighted by molar-refractivity contribution is 5.23. The van der Waals surface area contributed by atoms with Gasteiger partial charge in [0, 0.05) is 13.0 Å². The number of hydrogen-bond acceptors (Lipinski definition) is 3. The highest BCUT2D eigenvalue weighted by atomic mass is 16.1. The average molecular weight is 177 g/mol. The van der Waals surface area contributed by atoms with Gasteiger partial charge in [-0.3, -0.25) is 9.36 Å². The molecule has 13 heavy (non-hydrogen) atoms. The Morgan fingerprint density at radius 3 is 2.69 bits per heavy atom. The minimum atomic E-state index is -0.277. The first kappa shape index (κ1) is 9.46. The molecular weight excluding hydrogens is 166 g/mol. The van der Waals surface area contributed by atoms with Crippen molar-refractivity contribution in [2.24, 2.45) is 7.05 Å². The zero-order valence-corrected chi connectivity index (χ0v) is 7.90. The Morgan fingerprint density at radius 2 is 2.23 bits per heavy atom. The van der Waals surface area contributed by atoms with Gasteiger partial charge in [0.1, 0.15) is 17.5 Å². The number of hydrogen-bond donors (Lipinski definition) is 0. The van der Waals surface area contributed by atoms with Gasteiger partial charge in [-0.15, -0.1) is 0 Å². The fraction of sp³-hybridized carbons (Fsp3) is 0.444. The van der Waals surface area contributed by atoms with Crippen LogP contribution in [0.25, 0.3) is 0 Å². The van der Waals surface area contributed by atoms with Crippen molar-refractivity contribution in [3.8, 4) is 6.07 Å². The molecule has 0 unspecified atom stereocenters. The Hall–Kier alpha value is -1.63. The summed E-state index contributed by atoms with van der Waals surface area (Å²) in [6.07, 6.45) is 1.33. The van der Waals surface area contributed by atoms with Crippen molar-refractivity contribution >= 4 is 0 Å². The standard InChI is InChI=1S/C9H11N3O/c1-6(2)8-11-5-7(4-10)9(13)12(8)3/h5-6H,1-3H3. The van der Waals surface area contributed by atoms with Crippen LogP contribution < -0.4 is 5.56 Å².